The molecule has 2 fully saturated rings. The summed E-state index contributed by atoms with van der Waals surface area (Å²) >= 11 is 5.88. The van der Waals surface area contributed by atoms with E-state index in [0.29, 0.717) is 11.3 Å². The van der Waals surface area contributed by atoms with Gasteiger partial charge in [-0.2, -0.15) is 0 Å². The van der Waals surface area contributed by atoms with Crippen LogP contribution in [0.2, 0.25) is 0 Å². The lowest BCUT2D eigenvalue weighted by Crippen LogP contribution is -2.41. The highest BCUT2D eigenvalue weighted by Gasteiger charge is 2.35. The average Bonchev–Trinajstić information content (AvgIpc) is 2.49. The van der Waals surface area contributed by atoms with Gasteiger partial charge in [-0.15, -0.1) is 11.6 Å². The number of aryl methyl sites for hydroxylation is 1. The topological polar surface area (TPSA) is 16.1 Å². The van der Waals surface area contributed by atoms with Gasteiger partial charge in [-0.1, -0.05) is 19.3 Å². The van der Waals surface area contributed by atoms with Gasteiger partial charge in [-0.05, 0) is 55.2 Å². The quantitative estimate of drug-likeness (QED) is 0.736. The van der Waals surface area contributed by atoms with Crippen molar-refractivity contribution in [2.45, 2.75) is 57.7 Å². The van der Waals surface area contributed by atoms with Crippen LogP contribution in [-0.4, -0.2) is 18.1 Å². The Kier molecular flexibility index (Phi) is 4.21. The summed E-state index contributed by atoms with van der Waals surface area (Å²) in [6.45, 7) is 4.51. The lowest BCUT2D eigenvalue weighted by atomic mass is 9.68. The third kappa shape index (κ3) is 2.81. The van der Waals surface area contributed by atoms with Crippen LogP contribution >= 0.6 is 11.6 Å². The van der Waals surface area contributed by atoms with Crippen molar-refractivity contribution in [3.8, 4) is 0 Å². The Morgan fingerprint density at radius 2 is 1.85 bits per heavy atom. The summed E-state index contributed by atoms with van der Waals surface area (Å²) in [7, 11) is 0. The Morgan fingerprint density at radius 3 is 2.45 bits per heavy atom. The van der Waals surface area contributed by atoms with Crippen LogP contribution in [0.15, 0.2) is 12.3 Å². The summed E-state index contributed by atoms with van der Waals surface area (Å²) in [6, 6.07) is 2.18. The van der Waals surface area contributed by atoms with E-state index in [1.165, 1.54) is 69.4 Å². The monoisotopic (exact) mass is 292 g/mol. The molecule has 0 bridgehead atoms. The molecule has 2 heterocycles. The molecule has 1 aromatic heterocycles. The minimum absolute atomic E-state index is 0.553. The van der Waals surface area contributed by atoms with Crippen LogP contribution < -0.4 is 4.90 Å². The fourth-order valence-corrected chi connectivity index (χ4v) is 4.17. The van der Waals surface area contributed by atoms with Crippen molar-refractivity contribution < 1.29 is 0 Å². The van der Waals surface area contributed by atoms with Crippen molar-refractivity contribution in [1.29, 1.82) is 0 Å². The molecule has 1 saturated carbocycles. The number of anilines is 1. The number of aromatic nitrogens is 1. The van der Waals surface area contributed by atoms with Crippen molar-refractivity contribution in [2.24, 2.45) is 5.41 Å². The predicted octanol–water partition coefficient (Wildman–Crippen LogP) is 4.68. The Bertz CT molecular complexity index is 456. The van der Waals surface area contributed by atoms with Crippen LogP contribution in [0.3, 0.4) is 0 Å². The van der Waals surface area contributed by atoms with E-state index in [2.05, 4.69) is 22.9 Å². The highest BCUT2D eigenvalue weighted by Crippen LogP contribution is 2.45. The van der Waals surface area contributed by atoms with Gasteiger partial charge in [-0.3, -0.25) is 0 Å². The maximum atomic E-state index is 5.88. The smallest absolute Gasteiger partial charge is 0.131 e. The van der Waals surface area contributed by atoms with Gasteiger partial charge >= 0.3 is 0 Å². The van der Waals surface area contributed by atoms with Gasteiger partial charge in [0.15, 0.2) is 0 Å². The standard InChI is InChI=1S/C17H25ClN2/c1-14-11-15(12-18)13-19-16(14)20-9-7-17(8-10-20)5-3-2-4-6-17/h11,13H,2-10,12H2,1H3. The summed E-state index contributed by atoms with van der Waals surface area (Å²) in [5.41, 5.74) is 3.05. The molecule has 1 aliphatic carbocycles. The maximum absolute atomic E-state index is 5.88. The molecule has 0 aromatic carbocycles. The molecule has 3 heteroatoms. The highest BCUT2D eigenvalue weighted by molar-refractivity contribution is 6.17. The summed E-state index contributed by atoms with van der Waals surface area (Å²) in [4.78, 5) is 7.13. The molecule has 0 atom stereocenters. The summed E-state index contributed by atoms with van der Waals surface area (Å²) in [6.07, 6.45) is 11.9. The molecule has 2 aliphatic rings. The van der Waals surface area contributed by atoms with E-state index in [0.717, 1.165) is 5.56 Å². The van der Waals surface area contributed by atoms with Gasteiger partial charge in [0, 0.05) is 25.2 Å². The molecule has 1 saturated heterocycles. The van der Waals surface area contributed by atoms with Crippen molar-refractivity contribution in [3.63, 3.8) is 0 Å². The second kappa shape index (κ2) is 5.93. The van der Waals surface area contributed by atoms with Gasteiger partial charge in [-0.25, -0.2) is 4.98 Å². The Hall–Kier alpha value is -0.760. The van der Waals surface area contributed by atoms with Gasteiger partial charge < -0.3 is 4.90 Å². The fraction of sp³-hybridized carbons (Fsp3) is 0.706. The van der Waals surface area contributed by atoms with E-state index in [1.807, 2.05) is 6.20 Å². The Balaban J connectivity index is 1.68. The lowest BCUT2D eigenvalue weighted by Gasteiger charge is -2.45. The first-order valence-corrected chi connectivity index (χ1v) is 8.52. The minimum Gasteiger partial charge on any atom is -0.356 e. The van der Waals surface area contributed by atoms with E-state index in [1.54, 1.807) is 0 Å². The Morgan fingerprint density at radius 1 is 1.15 bits per heavy atom. The number of rotatable bonds is 2. The summed E-state index contributed by atoms with van der Waals surface area (Å²) < 4.78 is 0. The molecule has 1 aromatic rings. The minimum atomic E-state index is 0.553. The molecular formula is C17H25ClN2. The third-order valence-electron chi connectivity index (χ3n) is 5.30. The third-order valence-corrected chi connectivity index (χ3v) is 5.61. The number of pyridine rings is 1. The van der Waals surface area contributed by atoms with Crippen LogP contribution in [0, 0.1) is 12.3 Å². The molecule has 0 unspecified atom stereocenters. The average molecular weight is 293 g/mol. The molecular weight excluding hydrogens is 268 g/mol. The first-order chi connectivity index (χ1) is 9.72. The van der Waals surface area contributed by atoms with Crippen LogP contribution in [0.1, 0.15) is 56.1 Å². The zero-order valence-corrected chi connectivity index (χ0v) is 13.3. The van der Waals surface area contributed by atoms with Crippen molar-refractivity contribution in [3.05, 3.63) is 23.4 Å². The van der Waals surface area contributed by atoms with Crippen LogP contribution in [0.4, 0.5) is 5.82 Å². The number of piperidine rings is 1. The first-order valence-electron chi connectivity index (χ1n) is 7.99. The van der Waals surface area contributed by atoms with Crippen molar-refractivity contribution in [1.82, 2.24) is 4.98 Å². The van der Waals surface area contributed by atoms with E-state index >= 15 is 0 Å². The van der Waals surface area contributed by atoms with Gasteiger partial charge in [0.2, 0.25) is 0 Å². The first kappa shape index (κ1) is 14.2. The second-order valence-electron chi connectivity index (χ2n) is 6.67. The van der Waals surface area contributed by atoms with Crippen molar-refractivity contribution in [2.75, 3.05) is 18.0 Å². The Labute approximate surface area is 127 Å². The van der Waals surface area contributed by atoms with E-state index in [-0.39, 0.29) is 0 Å². The number of nitrogens with zero attached hydrogens (tertiary/aromatic N) is 2. The van der Waals surface area contributed by atoms with E-state index in [9.17, 15) is 0 Å². The molecule has 1 aliphatic heterocycles. The van der Waals surface area contributed by atoms with E-state index in [4.69, 9.17) is 11.6 Å². The molecule has 110 valence electrons. The normalized spacial score (nSPS) is 22.2. The lowest BCUT2D eigenvalue weighted by molar-refractivity contribution is 0.144. The summed E-state index contributed by atoms with van der Waals surface area (Å²) in [5, 5.41) is 0. The molecule has 1 spiro atoms. The predicted molar refractivity (Wildman–Crippen MR) is 85.5 cm³/mol. The number of halogens is 1. The maximum Gasteiger partial charge on any atom is 0.131 e. The highest BCUT2D eigenvalue weighted by atomic mass is 35.5. The van der Waals surface area contributed by atoms with Crippen molar-refractivity contribution >= 4 is 17.4 Å². The van der Waals surface area contributed by atoms with Gasteiger partial charge in [0.25, 0.3) is 0 Å². The zero-order valence-electron chi connectivity index (χ0n) is 12.5. The number of hydrogen-bond acceptors (Lipinski definition) is 2. The molecule has 0 N–H and O–H groups in total. The second-order valence-corrected chi connectivity index (χ2v) is 6.93. The van der Waals surface area contributed by atoms with Crippen LogP contribution in [0.25, 0.3) is 0 Å². The van der Waals surface area contributed by atoms with E-state index < -0.39 is 0 Å². The van der Waals surface area contributed by atoms with Gasteiger partial charge in [0.1, 0.15) is 5.82 Å². The molecule has 0 radical (unpaired) electrons. The van der Waals surface area contributed by atoms with Crippen LogP contribution in [0.5, 0.6) is 0 Å². The molecule has 3 rings (SSSR count). The van der Waals surface area contributed by atoms with Gasteiger partial charge in [0.05, 0.1) is 0 Å². The van der Waals surface area contributed by atoms with Crippen LogP contribution in [-0.2, 0) is 5.88 Å². The number of hydrogen-bond donors (Lipinski definition) is 0. The largest absolute Gasteiger partial charge is 0.356 e. The fourth-order valence-electron chi connectivity index (χ4n) is 4.02. The molecule has 2 nitrogen and oxygen atoms in total. The SMILES string of the molecule is Cc1cc(CCl)cnc1N1CCC2(CCCCC2)CC1. The zero-order chi connectivity index (χ0) is 14.0. The molecule has 0 amide bonds. The molecule has 20 heavy (non-hydrogen) atoms. The summed E-state index contributed by atoms with van der Waals surface area (Å²) in [5.74, 6) is 1.72. The number of alkyl halides is 1.